The first-order valence-electron chi connectivity index (χ1n) is 9.06. The number of aryl methyl sites for hydroxylation is 2. The third-order valence-corrected chi connectivity index (χ3v) is 5.12. The first-order chi connectivity index (χ1) is 13.0. The molecule has 27 heavy (non-hydrogen) atoms. The number of nitrogens with zero attached hydrogens (tertiary/aromatic N) is 7. The summed E-state index contributed by atoms with van der Waals surface area (Å²) in [6.07, 6.45) is 3.88. The van der Waals surface area contributed by atoms with Gasteiger partial charge in [-0.2, -0.15) is 5.10 Å². The van der Waals surface area contributed by atoms with Crippen LogP contribution in [0.3, 0.4) is 0 Å². The summed E-state index contributed by atoms with van der Waals surface area (Å²) >= 11 is 0. The Balaban J connectivity index is 1.42. The molecule has 1 aliphatic heterocycles. The van der Waals surface area contributed by atoms with Gasteiger partial charge in [0.1, 0.15) is 0 Å². The van der Waals surface area contributed by atoms with Crippen molar-refractivity contribution in [3.05, 3.63) is 53.6 Å². The average Bonchev–Trinajstić information content (AvgIpc) is 3.30. The molecule has 4 rings (SSSR count). The van der Waals surface area contributed by atoms with E-state index in [4.69, 9.17) is 0 Å². The molecule has 0 unspecified atom stereocenters. The van der Waals surface area contributed by atoms with E-state index in [0.717, 1.165) is 41.7 Å². The second-order valence-corrected chi connectivity index (χ2v) is 6.79. The molecular formula is C19H23N7O. The molecule has 0 N–H and O–H groups in total. The smallest absolute Gasteiger partial charge is 0.257 e. The van der Waals surface area contributed by atoms with E-state index in [1.54, 1.807) is 4.68 Å². The Bertz CT molecular complexity index is 935. The quantitative estimate of drug-likeness (QED) is 0.705. The maximum Gasteiger partial charge on any atom is 0.257 e. The maximum absolute atomic E-state index is 12.9. The van der Waals surface area contributed by atoms with Gasteiger partial charge in [0, 0.05) is 51.3 Å². The lowest BCUT2D eigenvalue weighted by atomic mass is 10.1. The largest absolute Gasteiger partial charge is 0.352 e. The van der Waals surface area contributed by atoms with Gasteiger partial charge in [-0.1, -0.05) is 0 Å². The van der Waals surface area contributed by atoms with Crippen molar-refractivity contribution in [2.24, 2.45) is 7.05 Å². The lowest BCUT2D eigenvalue weighted by Gasteiger charge is -2.35. The van der Waals surface area contributed by atoms with E-state index in [1.807, 2.05) is 67.0 Å². The van der Waals surface area contributed by atoms with Crippen LogP contribution in [0.4, 0.5) is 5.82 Å². The van der Waals surface area contributed by atoms with Crippen LogP contribution in [-0.2, 0) is 7.05 Å². The molecule has 0 bridgehead atoms. The van der Waals surface area contributed by atoms with Gasteiger partial charge in [-0.15, -0.1) is 10.2 Å². The standard InChI is InChI=1S/C19H23N7O/c1-14-18(15(2)23(3)22-14)19(27)26-12-10-25(11-13-26)17-7-6-16(20-21-17)24-8-4-5-9-24/h4-9H,10-13H2,1-3H3. The summed E-state index contributed by atoms with van der Waals surface area (Å²) in [5.74, 6) is 1.69. The molecule has 1 saturated heterocycles. The van der Waals surface area contributed by atoms with Gasteiger partial charge in [0.25, 0.3) is 5.91 Å². The van der Waals surface area contributed by atoms with E-state index in [9.17, 15) is 4.79 Å². The highest BCUT2D eigenvalue weighted by Crippen LogP contribution is 2.18. The zero-order chi connectivity index (χ0) is 19.0. The van der Waals surface area contributed by atoms with Crippen LogP contribution < -0.4 is 4.90 Å². The summed E-state index contributed by atoms with van der Waals surface area (Å²) in [4.78, 5) is 17.0. The van der Waals surface area contributed by atoms with E-state index in [2.05, 4.69) is 20.2 Å². The molecule has 3 aromatic rings. The SMILES string of the molecule is Cc1nn(C)c(C)c1C(=O)N1CCN(c2ccc(-n3cccc3)nn2)CC1. The minimum atomic E-state index is 0.0618. The predicted molar refractivity (Wildman–Crippen MR) is 102 cm³/mol. The molecule has 0 saturated carbocycles. The summed E-state index contributed by atoms with van der Waals surface area (Å²) in [5, 5.41) is 13.0. The third-order valence-electron chi connectivity index (χ3n) is 5.12. The van der Waals surface area contributed by atoms with Crippen LogP contribution in [0.5, 0.6) is 0 Å². The number of rotatable bonds is 3. The first kappa shape index (κ1) is 17.3. The number of carbonyl (C=O) groups is 1. The van der Waals surface area contributed by atoms with Crippen molar-refractivity contribution in [2.75, 3.05) is 31.1 Å². The summed E-state index contributed by atoms with van der Waals surface area (Å²) in [6.45, 7) is 6.62. The van der Waals surface area contributed by atoms with Gasteiger partial charge in [0.05, 0.1) is 11.3 Å². The fourth-order valence-electron chi connectivity index (χ4n) is 3.49. The zero-order valence-corrected chi connectivity index (χ0v) is 15.8. The van der Waals surface area contributed by atoms with Crippen LogP contribution in [0, 0.1) is 13.8 Å². The molecule has 1 aliphatic rings. The van der Waals surface area contributed by atoms with Crippen molar-refractivity contribution < 1.29 is 4.79 Å². The Morgan fingerprint density at radius 3 is 2.15 bits per heavy atom. The van der Waals surface area contributed by atoms with Crippen molar-refractivity contribution in [3.8, 4) is 5.82 Å². The second kappa shape index (κ2) is 6.86. The van der Waals surface area contributed by atoms with Crippen molar-refractivity contribution in [3.63, 3.8) is 0 Å². The maximum atomic E-state index is 12.9. The summed E-state index contributed by atoms with van der Waals surface area (Å²) in [6, 6.07) is 7.85. The van der Waals surface area contributed by atoms with Crippen molar-refractivity contribution in [2.45, 2.75) is 13.8 Å². The molecule has 140 valence electrons. The summed E-state index contributed by atoms with van der Waals surface area (Å²) < 4.78 is 3.69. The van der Waals surface area contributed by atoms with Crippen molar-refractivity contribution in [1.29, 1.82) is 0 Å². The molecule has 3 aromatic heterocycles. The van der Waals surface area contributed by atoms with Gasteiger partial charge in [0.15, 0.2) is 11.6 Å². The normalized spacial score (nSPS) is 14.6. The van der Waals surface area contributed by atoms with Gasteiger partial charge < -0.3 is 14.4 Å². The molecule has 0 spiro atoms. The molecule has 0 radical (unpaired) electrons. The summed E-state index contributed by atoms with van der Waals surface area (Å²) in [7, 11) is 1.87. The Morgan fingerprint density at radius 1 is 0.963 bits per heavy atom. The lowest BCUT2D eigenvalue weighted by molar-refractivity contribution is 0.0745. The second-order valence-electron chi connectivity index (χ2n) is 6.79. The lowest BCUT2D eigenvalue weighted by Crippen LogP contribution is -2.49. The van der Waals surface area contributed by atoms with E-state index in [-0.39, 0.29) is 5.91 Å². The molecule has 8 heteroatoms. The third kappa shape index (κ3) is 3.18. The molecule has 1 amide bonds. The van der Waals surface area contributed by atoms with Gasteiger partial charge in [0.2, 0.25) is 0 Å². The first-order valence-corrected chi connectivity index (χ1v) is 9.06. The topological polar surface area (TPSA) is 72.1 Å². The van der Waals surface area contributed by atoms with E-state index in [1.165, 1.54) is 0 Å². The van der Waals surface area contributed by atoms with Crippen LogP contribution >= 0.6 is 0 Å². The van der Waals surface area contributed by atoms with Gasteiger partial charge in [-0.25, -0.2) is 0 Å². The van der Waals surface area contributed by atoms with Crippen LogP contribution in [-0.4, -0.2) is 61.5 Å². The van der Waals surface area contributed by atoms with Gasteiger partial charge in [-0.3, -0.25) is 9.48 Å². The fourth-order valence-corrected chi connectivity index (χ4v) is 3.49. The molecule has 4 heterocycles. The molecule has 8 nitrogen and oxygen atoms in total. The highest BCUT2D eigenvalue weighted by molar-refractivity contribution is 5.96. The monoisotopic (exact) mass is 365 g/mol. The molecule has 0 atom stereocenters. The highest BCUT2D eigenvalue weighted by Gasteiger charge is 2.27. The number of hydrogen-bond donors (Lipinski definition) is 0. The summed E-state index contributed by atoms with van der Waals surface area (Å²) in [5.41, 5.74) is 2.42. The van der Waals surface area contributed by atoms with E-state index in [0.29, 0.717) is 13.1 Å². The Hall–Kier alpha value is -3.16. The number of amides is 1. The minimum absolute atomic E-state index is 0.0618. The fraction of sp³-hybridized carbons (Fsp3) is 0.368. The number of anilines is 1. The molecule has 0 aliphatic carbocycles. The minimum Gasteiger partial charge on any atom is -0.352 e. The van der Waals surface area contributed by atoms with E-state index >= 15 is 0 Å². The number of hydrogen-bond acceptors (Lipinski definition) is 5. The molecule has 1 fully saturated rings. The van der Waals surface area contributed by atoms with Gasteiger partial charge >= 0.3 is 0 Å². The van der Waals surface area contributed by atoms with Crippen molar-refractivity contribution in [1.82, 2.24) is 29.4 Å². The van der Waals surface area contributed by atoms with E-state index < -0.39 is 0 Å². The number of piperazine rings is 1. The Kier molecular flexibility index (Phi) is 4.39. The Morgan fingerprint density at radius 2 is 1.59 bits per heavy atom. The van der Waals surface area contributed by atoms with Crippen LogP contribution in [0.15, 0.2) is 36.7 Å². The average molecular weight is 365 g/mol. The molecule has 0 aromatic carbocycles. The number of carbonyl (C=O) groups excluding carboxylic acids is 1. The van der Waals surface area contributed by atoms with Crippen LogP contribution in [0.2, 0.25) is 0 Å². The van der Waals surface area contributed by atoms with Crippen molar-refractivity contribution >= 4 is 11.7 Å². The number of aromatic nitrogens is 5. The molecular weight excluding hydrogens is 342 g/mol. The highest BCUT2D eigenvalue weighted by atomic mass is 16.2. The van der Waals surface area contributed by atoms with Crippen LogP contribution in [0.1, 0.15) is 21.7 Å². The Labute approximate surface area is 158 Å². The zero-order valence-electron chi connectivity index (χ0n) is 15.8. The predicted octanol–water partition coefficient (Wildman–Crippen LogP) is 1.58. The van der Waals surface area contributed by atoms with Crippen LogP contribution in [0.25, 0.3) is 5.82 Å². The van der Waals surface area contributed by atoms with Gasteiger partial charge in [-0.05, 0) is 38.1 Å².